The number of esters is 1. The van der Waals surface area contributed by atoms with E-state index in [2.05, 4.69) is 10.1 Å². The van der Waals surface area contributed by atoms with E-state index in [1.807, 2.05) is 13.8 Å². The molecule has 0 aromatic heterocycles. The molecule has 0 radical (unpaired) electrons. The average Bonchev–Trinajstić information content (AvgIpc) is 2.34. The molecule has 0 aliphatic carbocycles. The van der Waals surface area contributed by atoms with Gasteiger partial charge < -0.3 is 14.8 Å². The fourth-order valence-corrected chi connectivity index (χ4v) is 1.34. The molecule has 0 unspecified atom stereocenters. The van der Waals surface area contributed by atoms with Crippen molar-refractivity contribution in [2.45, 2.75) is 26.4 Å². The van der Waals surface area contributed by atoms with Crippen LogP contribution in [-0.4, -0.2) is 25.7 Å². The summed E-state index contributed by atoms with van der Waals surface area (Å²) in [5.74, 6) is -0.321. The highest BCUT2D eigenvalue weighted by Crippen LogP contribution is 2.19. The number of benzene rings is 1. The first kappa shape index (κ1) is 14.4. The second kappa shape index (κ2) is 6.96. The summed E-state index contributed by atoms with van der Waals surface area (Å²) in [6, 6.07) is 4.48. The van der Waals surface area contributed by atoms with E-state index in [0.717, 1.165) is 0 Å². The van der Waals surface area contributed by atoms with Crippen LogP contribution in [-0.2, 0) is 16.1 Å². The maximum absolute atomic E-state index is 13.2. The first-order valence-corrected chi connectivity index (χ1v) is 5.74. The van der Waals surface area contributed by atoms with Crippen molar-refractivity contribution in [1.29, 1.82) is 0 Å². The van der Waals surface area contributed by atoms with E-state index in [-0.39, 0.29) is 18.5 Å². The second-order valence-corrected chi connectivity index (χ2v) is 4.15. The van der Waals surface area contributed by atoms with Gasteiger partial charge in [0.2, 0.25) is 0 Å². The number of carbonyl (C=O) groups excluding carboxylic acids is 1. The molecule has 0 aliphatic rings. The number of ether oxygens (including phenoxy) is 2. The van der Waals surface area contributed by atoms with Crippen LogP contribution in [0.1, 0.15) is 19.4 Å². The predicted molar refractivity (Wildman–Crippen MR) is 65.9 cm³/mol. The summed E-state index contributed by atoms with van der Waals surface area (Å²) in [5.41, 5.74) is 0.674. The molecule has 5 heteroatoms. The molecule has 1 aromatic rings. The van der Waals surface area contributed by atoms with Gasteiger partial charge in [-0.1, -0.05) is 13.8 Å². The van der Waals surface area contributed by atoms with Crippen LogP contribution in [0.5, 0.6) is 5.75 Å². The highest BCUT2D eigenvalue weighted by Gasteiger charge is 2.08. The number of rotatable bonds is 6. The molecule has 0 saturated carbocycles. The first-order chi connectivity index (χ1) is 8.52. The zero-order valence-electron chi connectivity index (χ0n) is 10.8. The molecular weight excluding hydrogens is 237 g/mol. The molecule has 0 amide bonds. The van der Waals surface area contributed by atoms with E-state index in [9.17, 15) is 9.18 Å². The van der Waals surface area contributed by atoms with Gasteiger partial charge in [-0.25, -0.2) is 9.18 Å². The monoisotopic (exact) mass is 255 g/mol. The Morgan fingerprint density at radius 2 is 2.17 bits per heavy atom. The van der Waals surface area contributed by atoms with E-state index in [0.29, 0.717) is 17.9 Å². The van der Waals surface area contributed by atoms with Crippen LogP contribution in [0.25, 0.3) is 0 Å². The number of hydrogen-bond donors (Lipinski definition) is 1. The Labute approximate surface area is 106 Å². The number of methoxy groups -OCH3 is 1. The van der Waals surface area contributed by atoms with Crippen LogP contribution in [0.4, 0.5) is 4.39 Å². The van der Waals surface area contributed by atoms with Gasteiger partial charge in [-0.15, -0.1) is 0 Å². The number of hydrogen-bond acceptors (Lipinski definition) is 4. The lowest BCUT2D eigenvalue weighted by molar-refractivity contribution is -0.142. The lowest BCUT2D eigenvalue weighted by atomic mass is 10.2. The van der Waals surface area contributed by atoms with Gasteiger partial charge in [-0.2, -0.15) is 0 Å². The van der Waals surface area contributed by atoms with E-state index in [1.165, 1.54) is 25.3 Å². The van der Waals surface area contributed by atoms with Crippen LogP contribution >= 0.6 is 0 Å². The van der Waals surface area contributed by atoms with Crippen LogP contribution < -0.4 is 10.1 Å². The van der Waals surface area contributed by atoms with Gasteiger partial charge in [-0.05, 0) is 18.2 Å². The molecule has 0 saturated heterocycles. The third-order valence-corrected chi connectivity index (χ3v) is 2.30. The van der Waals surface area contributed by atoms with E-state index < -0.39 is 5.97 Å². The minimum Gasteiger partial charge on any atom is -0.482 e. The Kier molecular flexibility index (Phi) is 5.58. The SMILES string of the molecule is COC(=O)COc1ccc(F)cc1CNC(C)C. The van der Waals surface area contributed by atoms with Crippen molar-refractivity contribution in [2.24, 2.45) is 0 Å². The largest absolute Gasteiger partial charge is 0.482 e. The Morgan fingerprint density at radius 1 is 1.44 bits per heavy atom. The van der Waals surface area contributed by atoms with Crippen LogP contribution in [0.2, 0.25) is 0 Å². The topological polar surface area (TPSA) is 47.6 Å². The summed E-state index contributed by atoms with van der Waals surface area (Å²) in [6.07, 6.45) is 0. The maximum Gasteiger partial charge on any atom is 0.343 e. The first-order valence-electron chi connectivity index (χ1n) is 5.74. The zero-order valence-corrected chi connectivity index (χ0v) is 10.8. The quantitative estimate of drug-likeness (QED) is 0.788. The molecule has 4 nitrogen and oxygen atoms in total. The maximum atomic E-state index is 13.2. The van der Waals surface area contributed by atoms with Gasteiger partial charge in [0.25, 0.3) is 0 Å². The standard InChI is InChI=1S/C13H18FNO3/c1-9(2)15-7-10-6-11(14)4-5-12(10)18-8-13(16)17-3/h4-6,9,15H,7-8H2,1-3H3. The highest BCUT2D eigenvalue weighted by atomic mass is 19.1. The molecule has 0 spiro atoms. The molecular formula is C13H18FNO3. The van der Waals surface area contributed by atoms with Gasteiger partial charge >= 0.3 is 5.97 Å². The zero-order chi connectivity index (χ0) is 13.5. The molecule has 0 fully saturated rings. The number of nitrogens with one attached hydrogen (secondary N) is 1. The van der Waals surface area contributed by atoms with Gasteiger partial charge in [0, 0.05) is 18.2 Å². The van der Waals surface area contributed by atoms with Crippen molar-refractivity contribution in [3.05, 3.63) is 29.6 Å². The van der Waals surface area contributed by atoms with Gasteiger partial charge in [0.1, 0.15) is 11.6 Å². The molecule has 0 atom stereocenters. The fourth-order valence-electron chi connectivity index (χ4n) is 1.34. The van der Waals surface area contributed by atoms with Crippen molar-refractivity contribution in [2.75, 3.05) is 13.7 Å². The molecule has 0 heterocycles. The Hall–Kier alpha value is -1.62. The van der Waals surface area contributed by atoms with Crippen molar-refractivity contribution in [1.82, 2.24) is 5.32 Å². The van der Waals surface area contributed by atoms with Crippen molar-refractivity contribution in [3.8, 4) is 5.75 Å². The molecule has 0 bridgehead atoms. The van der Waals surface area contributed by atoms with E-state index in [4.69, 9.17) is 4.74 Å². The summed E-state index contributed by atoms with van der Waals surface area (Å²) in [4.78, 5) is 11.0. The van der Waals surface area contributed by atoms with Crippen molar-refractivity contribution < 1.29 is 18.7 Å². The molecule has 1 N–H and O–H groups in total. The highest BCUT2D eigenvalue weighted by molar-refractivity contribution is 5.70. The van der Waals surface area contributed by atoms with Crippen molar-refractivity contribution >= 4 is 5.97 Å². The Bertz CT molecular complexity index is 407. The molecule has 0 aliphatic heterocycles. The molecule has 1 rings (SSSR count). The van der Waals surface area contributed by atoms with Crippen molar-refractivity contribution in [3.63, 3.8) is 0 Å². The van der Waals surface area contributed by atoms with Gasteiger partial charge in [-0.3, -0.25) is 0 Å². The van der Waals surface area contributed by atoms with Gasteiger partial charge in [0.05, 0.1) is 7.11 Å². The summed E-state index contributed by atoms with van der Waals surface area (Å²) in [7, 11) is 1.29. The summed E-state index contributed by atoms with van der Waals surface area (Å²) < 4.78 is 22.9. The van der Waals surface area contributed by atoms with E-state index >= 15 is 0 Å². The van der Waals surface area contributed by atoms with E-state index in [1.54, 1.807) is 0 Å². The van der Waals surface area contributed by atoms with Crippen LogP contribution in [0.15, 0.2) is 18.2 Å². The average molecular weight is 255 g/mol. The predicted octanol–water partition coefficient (Wildman–Crippen LogP) is 1.88. The van der Waals surface area contributed by atoms with Crippen LogP contribution in [0.3, 0.4) is 0 Å². The second-order valence-electron chi connectivity index (χ2n) is 4.15. The number of halogens is 1. The summed E-state index contributed by atoms with van der Waals surface area (Å²) >= 11 is 0. The summed E-state index contributed by atoms with van der Waals surface area (Å²) in [5, 5.41) is 3.17. The fraction of sp³-hybridized carbons (Fsp3) is 0.462. The third-order valence-electron chi connectivity index (χ3n) is 2.30. The third kappa shape index (κ3) is 4.71. The lowest BCUT2D eigenvalue weighted by Crippen LogP contribution is -2.22. The summed E-state index contributed by atoms with van der Waals surface area (Å²) in [6.45, 7) is 4.28. The Balaban J connectivity index is 2.72. The Morgan fingerprint density at radius 3 is 2.78 bits per heavy atom. The van der Waals surface area contributed by atoms with Crippen LogP contribution in [0, 0.1) is 5.82 Å². The minimum absolute atomic E-state index is 0.184. The smallest absolute Gasteiger partial charge is 0.343 e. The van der Waals surface area contributed by atoms with Gasteiger partial charge in [0.15, 0.2) is 6.61 Å². The molecule has 18 heavy (non-hydrogen) atoms. The molecule has 100 valence electrons. The number of carbonyl (C=O) groups is 1. The lowest BCUT2D eigenvalue weighted by Gasteiger charge is -2.13. The minimum atomic E-state index is -0.470. The normalized spacial score (nSPS) is 10.5. The molecule has 1 aromatic carbocycles.